The van der Waals surface area contributed by atoms with Crippen LogP contribution in [0.1, 0.15) is 20.2 Å². The van der Waals surface area contributed by atoms with Crippen molar-refractivity contribution in [3.05, 3.63) is 66.7 Å². The second-order valence-corrected chi connectivity index (χ2v) is 8.53. The summed E-state index contributed by atoms with van der Waals surface area (Å²) in [6.45, 7) is 0. The van der Waals surface area contributed by atoms with Crippen molar-refractivity contribution in [3.63, 3.8) is 0 Å². The molecule has 11 heteroatoms. The summed E-state index contributed by atoms with van der Waals surface area (Å²) in [7, 11) is 0. The number of thiophene rings is 1. The van der Waals surface area contributed by atoms with Crippen LogP contribution < -0.4 is 10.5 Å². The molecule has 5 rings (SSSR count). The lowest BCUT2D eigenvalue weighted by Gasteiger charge is -2.15. The summed E-state index contributed by atoms with van der Waals surface area (Å²) in [6.07, 6.45) is 0. The minimum Gasteiger partial charge on any atom is -0.267 e. The maximum atomic E-state index is 13.1. The third kappa shape index (κ3) is 2.44. The molecule has 4 heterocycles. The SMILES string of the molecule is O=C1c2sc3nc(=O)c(-c4cccs4)nn3c2C(=O)N1c1ccc(Cl)cc1Cl. The van der Waals surface area contributed by atoms with E-state index in [1.807, 2.05) is 5.38 Å². The minimum atomic E-state index is -0.592. The van der Waals surface area contributed by atoms with E-state index in [4.69, 9.17) is 23.2 Å². The molecule has 4 aromatic rings. The Kier molecular flexibility index (Phi) is 3.88. The van der Waals surface area contributed by atoms with Crippen molar-refractivity contribution in [2.45, 2.75) is 0 Å². The molecule has 0 fully saturated rings. The first-order valence-corrected chi connectivity index (χ1v) is 10.2. The number of carbonyl (C=O) groups is 2. The normalized spacial score (nSPS) is 13.6. The van der Waals surface area contributed by atoms with Gasteiger partial charge in [0.1, 0.15) is 4.88 Å². The number of anilines is 1. The quantitative estimate of drug-likeness (QED) is 0.432. The molecule has 0 radical (unpaired) electrons. The van der Waals surface area contributed by atoms with E-state index in [9.17, 15) is 14.4 Å². The van der Waals surface area contributed by atoms with Gasteiger partial charge in [-0.1, -0.05) is 40.6 Å². The van der Waals surface area contributed by atoms with Crippen molar-refractivity contribution < 1.29 is 9.59 Å². The van der Waals surface area contributed by atoms with Crippen molar-refractivity contribution in [2.75, 3.05) is 4.90 Å². The average molecular weight is 449 g/mol. The smallest absolute Gasteiger partial charge is 0.267 e. The summed E-state index contributed by atoms with van der Waals surface area (Å²) in [5.41, 5.74) is -0.109. The molecule has 3 aromatic heterocycles. The standard InChI is InChI=1S/C17H6Cl2N4O3S2/c18-7-3-4-9(8(19)6-7)22-15(25)12-13(16(22)26)28-17-20-14(24)11(21-23(12)17)10-2-1-5-27-10/h1-6H. The Morgan fingerprint density at radius 3 is 2.57 bits per heavy atom. The molecule has 28 heavy (non-hydrogen) atoms. The van der Waals surface area contributed by atoms with Gasteiger partial charge >= 0.3 is 5.56 Å². The largest absolute Gasteiger partial charge is 0.301 e. The highest BCUT2D eigenvalue weighted by atomic mass is 35.5. The van der Waals surface area contributed by atoms with Gasteiger partial charge in [0, 0.05) is 5.02 Å². The molecule has 138 valence electrons. The summed E-state index contributed by atoms with van der Waals surface area (Å²) >= 11 is 14.4. The van der Waals surface area contributed by atoms with Crippen molar-refractivity contribution in [1.82, 2.24) is 14.6 Å². The third-order valence-electron chi connectivity index (χ3n) is 4.11. The monoisotopic (exact) mass is 448 g/mol. The predicted molar refractivity (Wildman–Crippen MR) is 108 cm³/mol. The molecule has 0 N–H and O–H groups in total. The fraction of sp³-hybridized carbons (Fsp3) is 0. The minimum absolute atomic E-state index is 0.0568. The van der Waals surface area contributed by atoms with Gasteiger partial charge in [0.05, 0.1) is 15.6 Å². The molecule has 0 bridgehead atoms. The lowest BCUT2D eigenvalue weighted by atomic mass is 10.3. The van der Waals surface area contributed by atoms with E-state index in [0.717, 1.165) is 16.2 Å². The Balaban J connectivity index is 1.71. The van der Waals surface area contributed by atoms with Gasteiger partial charge in [-0.05, 0) is 29.6 Å². The molecular weight excluding hydrogens is 443 g/mol. The van der Waals surface area contributed by atoms with Gasteiger partial charge in [-0.3, -0.25) is 14.4 Å². The molecule has 1 aliphatic heterocycles. The zero-order valence-electron chi connectivity index (χ0n) is 13.6. The highest BCUT2D eigenvalue weighted by Gasteiger charge is 2.42. The number of fused-ring (bicyclic) bond motifs is 3. The molecule has 0 atom stereocenters. The van der Waals surface area contributed by atoms with Gasteiger partial charge in [-0.15, -0.1) is 11.3 Å². The van der Waals surface area contributed by atoms with Crippen molar-refractivity contribution in [3.8, 4) is 10.6 Å². The van der Waals surface area contributed by atoms with Gasteiger partial charge in [-0.2, -0.15) is 14.6 Å². The fourth-order valence-corrected chi connectivity index (χ4v) is 5.07. The summed E-state index contributed by atoms with van der Waals surface area (Å²) in [5.74, 6) is -1.14. The third-order valence-corrected chi connectivity index (χ3v) is 6.54. The number of amides is 2. The summed E-state index contributed by atoms with van der Waals surface area (Å²) < 4.78 is 1.25. The molecule has 0 aliphatic carbocycles. The van der Waals surface area contributed by atoms with Crippen LogP contribution in [0.15, 0.2) is 40.5 Å². The van der Waals surface area contributed by atoms with Gasteiger partial charge in [-0.25, -0.2) is 4.90 Å². The van der Waals surface area contributed by atoms with Crippen LogP contribution in [0.4, 0.5) is 5.69 Å². The maximum absolute atomic E-state index is 13.1. The lowest BCUT2D eigenvalue weighted by molar-refractivity contribution is 0.0924. The molecule has 0 unspecified atom stereocenters. The Labute approximate surface area is 174 Å². The van der Waals surface area contributed by atoms with Gasteiger partial charge in [0.2, 0.25) is 4.96 Å². The second kappa shape index (κ2) is 6.21. The first-order chi connectivity index (χ1) is 13.5. The van der Waals surface area contributed by atoms with E-state index in [-0.39, 0.29) is 31.9 Å². The van der Waals surface area contributed by atoms with E-state index in [1.165, 1.54) is 28.0 Å². The number of hydrogen-bond acceptors (Lipinski definition) is 7. The van der Waals surface area contributed by atoms with Crippen molar-refractivity contribution in [2.24, 2.45) is 0 Å². The van der Waals surface area contributed by atoms with E-state index >= 15 is 0 Å². The summed E-state index contributed by atoms with van der Waals surface area (Å²) in [6, 6.07) is 8.02. The Bertz CT molecular complexity index is 1360. The average Bonchev–Trinajstić information content (AvgIpc) is 3.34. The van der Waals surface area contributed by atoms with Crippen LogP contribution in [0, 0.1) is 0 Å². The van der Waals surface area contributed by atoms with Crippen LogP contribution in [-0.2, 0) is 0 Å². The number of benzene rings is 1. The van der Waals surface area contributed by atoms with Gasteiger partial charge < -0.3 is 0 Å². The van der Waals surface area contributed by atoms with Gasteiger partial charge in [0.15, 0.2) is 11.4 Å². The van der Waals surface area contributed by atoms with Crippen LogP contribution >= 0.6 is 45.9 Å². The van der Waals surface area contributed by atoms with Crippen LogP contribution in [0.3, 0.4) is 0 Å². The van der Waals surface area contributed by atoms with Crippen LogP contribution in [0.2, 0.25) is 10.0 Å². The number of nitrogens with zero attached hydrogens (tertiary/aromatic N) is 4. The molecule has 0 saturated carbocycles. The van der Waals surface area contributed by atoms with Crippen LogP contribution in [-0.4, -0.2) is 26.4 Å². The van der Waals surface area contributed by atoms with E-state index in [0.29, 0.717) is 9.90 Å². The number of aromatic nitrogens is 3. The number of thiazole rings is 1. The molecule has 0 saturated heterocycles. The van der Waals surface area contributed by atoms with E-state index < -0.39 is 17.4 Å². The molecule has 1 aliphatic rings. The van der Waals surface area contributed by atoms with E-state index in [1.54, 1.807) is 18.2 Å². The summed E-state index contributed by atoms with van der Waals surface area (Å²) in [5, 5.41) is 6.67. The van der Waals surface area contributed by atoms with Gasteiger partial charge in [0.25, 0.3) is 11.8 Å². The molecule has 7 nitrogen and oxygen atoms in total. The zero-order chi connectivity index (χ0) is 19.6. The Hall–Kier alpha value is -2.59. The maximum Gasteiger partial charge on any atom is 0.301 e. The molecule has 2 amide bonds. The van der Waals surface area contributed by atoms with Crippen molar-refractivity contribution >= 4 is 68.3 Å². The first-order valence-electron chi connectivity index (χ1n) is 7.77. The predicted octanol–water partition coefficient (Wildman–Crippen LogP) is 3.99. The first kappa shape index (κ1) is 17.5. The fourth-order valence-electron chi connectivity index (χ4n) is 2.90. The van der Waals surface area contributed by atoms with Crippen LogP contribution in [0.25, 0.3) is 15.5 Å². The molecular formula is C17H6Cl2N4O3S2. The van der Waals surface area contributed by atoms with Crippen molar-refractivity contribution in [1.29, 1.82) is 0 Å². The number of carbonyl (C=O) groups excluding carboxylic acids is 2. The number of imide groups is 1. The van der Waals surface area contributed by atoms with E-state index in [2.05, 4.69) is 10.1 Å². The lowest BCUT2D eigenvalue weighted by Crippen LogP contribution is -2.30. The number of halogens is 2. The second-order valence-electron chi connectivity index (χ2n) is 5.76. The number of rotatable bonds is 2. The highest BCUT2D eigenvalue weighted by Crippen LogP contribution is 2.37. The molecule has 1 aromatic carbocycles. The Morgan fingerprint density at radius 1 is 1.04 bits per heavy atom. The topological polar surface area (TPSA) is 84.6 Å². The van der Waals surface area contributed by atoms with Crippen LogP contribution in [0.5, 0.6) is 0 Å². The zero-order valence-corrected chi connectivity index (χ0v) is 16.7. The highest BCUT2D eigenvalue weighted by molar-refractivity contribution is 7.19. The molecule has 0 spiro atoms. The summed E-state index contributed by atoms with van der Waals surface area (Å²) in [4.78, 5) is 44.2. The Morgan fingerprint density at radius 2 is 1.86 bits per heavy atom. The number of hydrogen-bond donors (Lipinski definition) is 0.